The van der Waals surface area contributed by atoms with Crippen LogP contribution in [0.5, 0.6) is 11.5 Å². The van der Waals surface area contributed by atoms with Crippen molar-refractivity contribution in [1.29, 1.82) is 0 Å². The molecular weight excluding hydrogens is 408 g/mol. The monoisotopic (exact) mass is 430 g/mol. The van der Waals surface area contributed by atoms with Crippen LogP contribution in [-0.4, -0.2) is 27.9 Å². The Morgan fingerprint density at radius 3 is 2.66 bits per heavy atom. The number of hydrogen-bond donors (Lipinski definition) is 1. The minimum absolute atomic E-state index is 0.253. The van der Waals surface area contributed by atoms with Gasteiger partial charge in [0, 0.05) is 12.6 Å². The maximum absolute atomic E-state index is 12.9. The number of nitrogens with one attached hydrogen (secondary N) is 1. The first-order valence-electron chi connectivity index (χ1n) is 10.4. The summed E-state index contributed by atoms with van der Waals surface area (Å²) in [4.78, 5) is 27.4. The van der Waals surface area contributed by atoms with E-state index in [0.717, 1.165) is 33.7 Å². The van der Waals surface area contributed by atoms with Gasteiger partial charge < -0.3 is 19.6 Å². The van der Waals surface area contributed by atoms with Crippen LogP contribution >= 0.6 is 0 Å². The van der Waals surface area contributed by atoms with E-state index in [0.29, 0.717) is 31.1 Å². The summed E-state index contributed by atoms with van der Waals surface area (Å²) in [5, 5.41) is 4.08. The van der Waals surface area contributed by atoms with Gasteiger partial charge in [0.05, 0.1) is 16.8 Å². The maximum atomic E-state index is 12.9. The summed E-state index contributed by atoms with van der Waals surface area (Å²) < 4.78 is 12.5. The number of rotatable bonds is 6. The zero-order valence-electron chi connectivity index (χ0n) is 17.6. The average molecular weight is 430 g/mol. The highest BCUT2D eigenvalue weighted by Gasteiger charge is 2.15. The highest BCUT2D eigenvalue weighted by molar-refractivity contribution is 5.90. The summed E-state index contributed by atoms with van der Waals surface area (Å²) in [5.74, 6) is 1.47. The van der Waals surface area contributed by atoms with E-state index in [9.17, 15) is 4.79 Å². The lowest BCUT2D eigenvalue weighted by Crippen LogP contribution is -2.28. The number of ether oxygens (including phenoxy) is 2. The number of aromatic nitrogens is 3. The molecule has 4 aromatic rings. The fraction of sp³-hybridized carbons (Fsp3) is 0.208. The molecule has 0 aliphatic carbocycles. The zero-order chi connectivity index (χ0) is 21.9. The predicted molar refractivity (Wildman–Crippen MR) is 120 cm³/mol. The largest absolute Gasteiger partial charge is 0.486 e. The van der Waals surface area contributed by atoms with Crippen LogP contribution in [0.4, 0.5) is 5.69 Å². The average Bonchev–Trinajstić information content (AvgIpc) is 2.82. The second-order valence-electron chi connectivity index (χ2n) is 7.44. The van der Waals surface area contributed by atoms with Crippen molar-refractivity contribution in [2.24, 2.45) is 0 Å². The van der Waals surface area contributed by atoms with Crippen molar-refractivity contribution in [3.05, 3.63) is 88.1 Å². The lowest BCUT2D eigenvalue weighted by Gasteiger charge is -2.19. The van der Waals surface area contributed by atoms with Gasteiger partial charge in [0.15, 0.2) is 17.1 Å². The smallest absolute Gasteiger partial charge is 0.287 e. The normalized spacial score (nSPS) is 12.5. The van der Waals surface area contributed by atoms with Crippen LogP contribution in [0.1, 0.15) is 16.8 Å². The second kappa shape index (κ2) is 8.58. The highest BCUT2D eigenvalue weighted by atomic mass is 16.7. The Bertz CT molecular complexity index is 1320. The standard InChI is InChI=1S/C24H22N4O4/c1-16-23-19(25-13-18-7-8-20-21(11-18)31-10-9-30-20)12-22(29)28(24(23)27-15-26-16)32-14-17-5-3-2-4-6-17/h2-8,11-12,15,25H,9-10,13-14H2,1H3. The van der Waals surface area contributed by atoms with E-state index in [4.69, 9.17) is 14.3 Å². The van der Waals surface area contributed by atoms with Crippen molar-refractivity contribution in [2.75, 3.05) is 18.5 Å². The molecule has 2 aromatic heterocycles. The molecule has 1 N–H and O–H groups in total. The molecule has 162 valence electrons. The van der Waals surface area contributed by atoms with E-state index in [2.05, 4.69) is 15.3 Å². The van der Waals surface area contributed by atoms with Crippen molar-refractivity contribution in [3.8, 4) is 11.5 Å². The van der Waals surface area contributed by atoms with Gasteiger partial charge in [-0.25, -0.2) is 9.97 Å². The lowest BCUT2D eigenvalue weighted by molar-refractivity contribution is 0.0979. The number of benzene rings is 2. The molecule has 0 atom stereocenters. The van der Waals surface area contributed by atoms with Crippen LogP contribution in [0.25, 0.3) is 11.0 Å². The molecule has 0 radical (unpaired) electrons. The quantitative estimate of drug-likeness (QED) is 0.503. The fourth-order valence-electron chi connectivity index (χ4n) is 3.66. The number of fused-ring (bicyclic) bond motifs is 2. The van der Waals surface area contributed by atoms with Gasteiger partial charge in [0.2, 0.25) is 0 Å². The SMILES string of the molecule is Cc1ncnc2c1c(NCc1ccc3c(c1)OCCO3)cc(=O)n2OCc1ccccc1. The molecule has 32 heavy (non-hydrogen) atoms. The molecule has 8 nitrogen and oxygen atoms in total. The van der Waals surface area contributed by atoms with Crippen LogP contribution in [0.3, 0.4) is 0 Å². The Kier molecular flexibility index (Phi) is 5.33. The van der Waals surface area contributed by atoms with Crippen molar-refractivity contribution in [1.82, 2.24) is 14.7 Å². The van der Waals surface area contributed by atoms with Crippen LogP contribution in [-0.2, 0) is 13.2 Å². The first-order chi connectivity index (χ1) is 15.7. The third kappa shape index (κ3) is 3.94. The summed E-state index contributed by atoms with van der Waals surface area (Å²) in [6, 6.07) is 17.0. The lowest BCUT2D eigenvalue weighted by atomic mass is 10.1. The molecule has 1 aliphatic heterocycles. The molecule has 3 heterocycles. The van der Waals surface area contributed by atoms with E-state index in [1.807, 2.05) is 55.5 Å². The van der Waals surface area contributed by atoms with Crippen LogP contribution in [0.15, 0.2) is 65.7 Å². The Labute approximate surface area is 184 Å². The Morgan fingerprint density at radius 1 is 1.00 bits per heavy atom. The van der Waals surface area contributed by atoms with Crippen molar-refractivity contribution < 1.29 is 14.3 Å². The van der Waals surface area contributed by atoms with Gasteiger partial charge in [-0.1, -0.05) is 36.4 Å². The topological polar surface area (TPSA) is 87.5 Å². The van der Waals surface area contributed by atoms with Crippen LogP contribution in [0, 0.1) is 6.92 Å². The van der Waals surface area contributed by atoms with E-state index < -0.39 is 0 Å². The number of anilines is 1. The zero-order valence-corrected chi connectivity index (χ0v) is 17.6. The number of hydrogen-bond acceptors (Lipinski definition) is 7. The Hall–Kier alpha value is -4.07. The molecule has 8 heteroatoms. The van der Waals surface area contributed by atoms with E-state index >= 15 is 0 Å². The molecule has 1 aliphatic rings. The summed E-state index contributed by atoms with van der Waals surface area (Å²) in [5.41, 5.74) is 3.47. The molecular formula is C24H22N4O4. The van der Waals surface area contributed by atoms with E-state index in [-0.39, 0.29) is 12.2 Å². The summed E-state index contributed by atoms with van der Waals surface area (Å²) in [7, 11) is 0. The number of nitrogens with zero attached hydrogens (tertiary/aromatic N) is 3. The molecule has 0 saturated heterocycles. The van der Waals surface area contributed by atoms with Crippen molar-refractivity contribution in [3.63, 3.8) is 0 Å². The molecule has 0 fully saturated rings. The van der Waals surface area contributed by atoms with Crippen molar-refractivity contribution in [2.45, 2.75) is 20.1 Å². The predicted octanol–water partition coefficient (Wildman–Crippen LogP) is 3.11. The van der Waals surface area contributed by atoms with Gasteiger partial charge in [0.1, 0.15) is 26.1 Å². The summed E-state index contributed by atoms with van der Waals surface area (Å²) in [6.07, 6.45) is 1.43. The van der Waals surface area contributed by atoms with Gasteiger partial charge in [-0.15, -0.1) is 4.73 Å². The van der Waals surface area contributed by atoms with Gasteiger partial charge in [0.25, 0.3) is 5.56 Å². The van der Waals surface area contributed by atoms with Gasteiger partial charge in [-0.05, 0) is 30.2 Å². The fourth-order valence-corrected chi connectivity index (χ4v) is 3.66. The molecule has 0 bridgehead atoms. The maximum Gasteiger partial charge on any atom is 0.287 e. The highest BCUT2D eigenvalue weighted by Crippen LogP contribution is 2.31. The minimum Gasteiger partial charge on any atom is -0.486 e. The van der Waals surface area contributed by atoms with Crippen LogP contribution < -0.4 is 25.2 Å². The number of pyridine rings is 1. The Balaban J connectivity index is 1.44. The third-order valence-electron chi connectivity index (χ3n) is 5.24. The van der Waals surface area contributed by atoms with E-state index in [1.54, 1.807) is 0 Å². The van der Waals surface area contributed by atoms with Crippen molar-refractivity contribution >= 4 is 16.7 Å². The summed E-state index contributed by atoms with van der Waals surface area (Å²) >= 11 is 0. The Morgan fingerprint density at radius 2 is 1.81 bits per heavy atom. The second-order valence-corrected chi connectivity index (χ2v) is 7.44. The molecule has 0 amide bonds. The molecule has 0 saturated carbocycles. The summed E-state index contributed by atoms with van der Waals surface area (Å²) in [6.45, 7) is 3.72. The van der Waals surface area contributed by atoms with Crippen LogP contribution in [0.2, 0.25) is 0 Å². The van der Waals surface area contributed by atoms with Gasteiger partial charge >= 0.3 is 0 Å². The first-order valence-corrected chi connectivity index (χ1v) is 10.4. The third-order valence-corrected chi connectivity index (χ3v) is 5.24. The van der Waals surface area contributed by atoms with Gasteiger partial charge in [-0.2, -0.15) is 0 Å². The molecule has 5 rings (SSSR count). The van der Waals surface area contributed by atoms with Gasteiger partial charge in [-0.3, -0.25) is 4.79 Å². The molecule has 0 spiro atoms. The number of aryl methyl sites for hydroxylation is 1. The van der Waals surface area contributed by atoms with E-state index in [1.165, 1.54) is 17.1 Å². The first kappa shape index (κ1) is 19.9. The minimum atomic E-state index is -0.309. The molecule has 0 unspecified atom stereocenters. The molecule has 2 aromatic carbocycles.